The Morgan fingerprint density at radius 1 is 1.05 bits per heavy atom. The van der Waals surface area contributed by atoms with E-state index in [1.165, 1.54) is 0 Å². The van der Waals surface area contributed by atoms with Crippen LogP contribution in [0.4, 0.5) is 0 Å². The van der Waals surface area contributed by atoms with Crippen LogP contribution < -0.4 is 0 Å². The second-order valence-electron chi connectivity index (χ2n) is 7.61. The molecule has 0 aromatic carbocycles. The molecule has 20 heavy (non-hydrogen) atoms. The molecule has 0 aliphatic carbocycles. The highest BCUT2D eigenvalue weighted by molar-refractivity contribution is 5.84. The monoisotopic (exact) mass is 281 g/mol. The fraction of sp³-hybridized carbons (Fsp3) is 0.944. The van der Waals surface area contributed by atoms with Crippen molar-refractivity contribution in [3.05, 3.63) is 0 Å². The normalized spacial score (nSPS) is 26.8. The van der Waals surface area contributed by atoms with E-state index in [-0.39, 0.29) is 22.5 Å². The van der Waals surface area contributed by atoms with E-state index in [1.54, 1.807) is 0 Å². The Balaban J connectivity index is 3.54. The number of carbonyl (C=O) groups is 1. The molecule has 0 radical (unpaired) electrons. The molecule has 0 bridgehead atoms. The van der Waals surface area contributed by atoms with Crippen LogP contribution in [0.2, 0.25) is 0 Å². The zero-order valence-electron chi connectivity index (χ0n) is 15.0. The van der Waals surface area contributed by atoms with Crippen LogP contribution in [0.25, 0.3) is 0 Å². The van der Waals surface area contributed by atoms with E-state index in [4.69, 9.17) is 0 Å². The molecule has 1 fully saturated rings. The lowest BCUT2D eigenvalue weighted by Gasteiger charge is -2.64. The van der Waals surface area contributed by atoms with E-state index >= 15 is 0 Å². The first-order valence-corrected chi connectivity index (χ1v) is 8.48. The van der Waals surface area contributed by atoms with Crippen LogP contribution in [-0.4, -0.2) is 27.3 Å². The first-order valence-electron chi connectivity index (χ1n) is 8.48. The van der Waals surface area contributed by atoms with Gasteiger partial charge in [0, 0.05) is 29.0 Å². The molecule has 1 unspecified atom stereocenters. The third-order valence-corrected chi connectivity index (χ3v) is 5.92. The van der Waals surface area contributed by atoms with Crippen molar-refractivity contribution in [3.8, 4) is 0 Å². The lowest BCUT2D eigenvalue weighted by atomic mass is 9.63. The fourth-order valence-corrected chi connectivity index (χ4v) is 4.90. The Labute approximate surface area is 126 Å². The van der Waals surface area contributed by atoms with Gasteiger partial charge in [0.15, 0.2) is 0 Å². The number of hydrogen-bond acceptors (Lipinski definition) is 2. The molecular formula is C18H35NO. The molecule has 1 saturated heterocycles. The Morgan fingerprint density at radius 3 is 1.80 bits per heavy atom. The van der Waals surface area contributed by atoms with Gasteiger partial charge in [-0.15, -0.1) is 0 Å². The summed E-state index contributed by atoms with van der Waals surface area (Å²) in [7, 11) is 0. The van der Waals surface area contributed by atoms with Gasteiger partial charge in [-0.05, 0) is 46.5 Å². The molecule has 1 aliphatic rings. The average Bonchev–Trinajstić information content (AvgIpc) is 2.40. The summed E-state index contributed by atoms with van der Waals surface area (Å²) < 4.78 is 0. The molecular weight excluding hydrogens is 246 g/mol. The van der Waals surface area contributed by atoms with E-state index in [0.717, 1.165) is 32.1 Å². The van der Waals surface area contributed by atoms with Crippen molar-refractivity contribution in [1.82, 2.24) is 4.90 Å². The van der Waals surface area contributed by atoms with Crippen LogP contribution in [0.5, 0.6) is 0 Å². The number of Topliss-reactive ketones (excluding diaryl/α,β-unsaturated/α-hetero) is 1. The molecule has 1 heterocycles. The van der Waals surface area contributed by atoms with Gasteiger partial charge in [0.1, 0.15) is 5.78 Å². The summed E-state index contributed by atoms with van der Waals surface area (Å²) in [5, 5.41) is 0. The summed E-state index contributed by atoms with van der Waals surface area (Å²) in [6.45, 7) is 18.1. The second-order valence-corrected chi connectivity index (χ2v) is 7.61. The maximum atomic E-state index is 12.7. The summed E-state index contributed by atoms with van der Waals surface area (Å²) in [6.07, 6.45) is 4.94. The van der Waals surface area contributed by atoms with Crippen molar-refractivity contribution in [2.24, 2.45) is 5.92 Å². The molecule has 0 aromatic rings. The third-order valence-electron chi connectivity index (χ3n) is 5.92. The van der Waals surface area contributed by atoms with Gasteiger partial charge in [-0.3, -0.25) is 9.69 Å². The van der Waals surface area contributed by atoms with Gasteiger partial charge in [0.2, 0.25) is 0 Å². The van der Waals surface area contributed by atoms with Crippen LogP contribution in [-0.2, 0) is 4.79 Å². The molecule has 1 aliphatic heterocycles. The fourth-order valence-electron chi connectivity index (χ4n) is 4.90. The van der Waals surface area contributed by atoms with E-state index in [2.05, 4.69) is 60.3 Å². The largest absolute Gasteiger partial charge is 0.299 e. The van der Waals surface area contributed by atoms with E-state index in [0.29, 0.717) is 5.78 Å². The molecule has 118 valence electrons. The van der Waals surface area contributed by atoms with Crippen LogP contribution >= 0.6 is 0 Å². The van der Waals surface area contributed by atoms with Gasteiger partial charge < -0.3 is 0 Å². The summed E-state index contributed by atoms with van der Waals surface area (Å²) in [4.78, 5) is 15.4. The summed E-state index contributed by atoms with van der Waals surface area (Å²) >= 11 is 0. The Hall–Kier alpha value is -0.370. The van der Waals surface area contributed by atoms with Crippen molar-refractivity contribution < 1.29 is 4.79 Å². The maximum absolute atomic E-state index is 12.7. The Kier molecular flexibility index (Phi) is 5.12. The number of ketones is 1. The smallest absolute Gasteiger partial charge is 0.139 e. The van der Waals surface area contributed by atoms with Crippen molar-refractivity contribution in [3.63, 3.8) is 0 Å². The Bertz CT molecular complexity index is 345. The minimum absolute atomic E-state index is 0.0135. The SMILES string of the molecule is CCC1(CC)CC(=O)C(C)C(CC)(CC)N1C(C)(C)C. The number of piperidine rings is 1. The van der Waals surface area contributed by atoms with Crippen molar-refractivity contribution in [2.75, 3.05) is 0 Å². The van der Waals surface area contributed by atoms with E-state index in [9.17, 15) is 4.79 Å². The van der Waals surface area contributed by atoms with Gasteiger partial charge in [-0.1, -0.05) is 34.6 Å². The first kappa shape index (κ1) is 17.7. The summed E-state index contributed by atoms with van der Waals surface area (Å²) in [5.41, 5.74) is 0.139. The predicted octanol–water partition coefficient (Wildman–Crippen LogP) is 4.81. The minimum Gasteiger partial charge on any atom is -0.299 e. The average molecular weight is 281 g/mol. The standard InChI is InChI=1S/C18H35NO/c1-9-17(10-2)13-15(20)14(5)18(11-3,12-4)19(17)16(6,7)8/h14H,9-13H2,1-8H3. The molecule has 2 heteroatoms. The van der Waals surface area contributed by atoms with Crippen LogP contribution in [0, 0.1) is 5.92 Å². The van der Waals surface area contributed by atoms with Crippen LogP contribution in [0.15, 0.2) is 0 Å². The topological polar surface area (TPSA) is 20.3 Å². The van der Waals surface area contributed by atoms with E-state index < -0.39 is 0 Å². The van der Waals surface area contributed by atoms with Crippen molar-refractivity contribution in [2.45, 2.75) is 104 Å². The lowest BCUT2D eigenvalue weighted by Crippen LogP contribution is -2.73. The number of likely N-dealkylation sites (tertiary alicyclic amines) is 1. The molecule has 1 rings (SSSR count). The zero-order valence-corrected chi connectivity index (χ0v) is 15.0. The van der Waals surface area contributed by atoms with Gasteiger partial charge in [-0.2, -0.15) is 0 Å². The molecule has 1 atom stereocenters. The van der Waals surface area contributed by atoms with Gasteiger partial charge >= 0.3 is 0 Å². The summed E-state index contributed by atoms with van der Waals surface area (Å²) in [5.74, 6) is 0.612. The first-order chi connectivity index (χ1) is 9.15. The molecule has 2 nitrogen and oxygen atoms in total. The predicted molar refractivity (Wildman–Crippen MR) is 87.0 cm³/mol. The van der Waals surface area contributed by atoms with Gasteiger partial charge in [0.05, 0.1) is 0 Å². The quantitative estimate of drug-likeness (QED) is 0.737. The third kappa shape index (κ3) is 2.45. The minimum atomic E-state index is 0.0135. The number of hydrogen-bond donors (Lipinski definition) is 0. The Morgan fingerprint density at radius 2 is 1.50 bits per heavy atom. The van der Waals surface area contributed by atoms with Crippen molar-refractivity contribution >= 4 is 5.78 Å². The molecule has 0 spiro atoms. The highest BCUT2D eigenvalue weighted by Gasteiger charge is 2.58. The second kappa shape index (κ2) is 5.79. The van der Waals surface area contributed by atoms with Crippen molar-refractivity contribution in [1.29, 1.82) is 0 Å². The van der Waals surface area contributed by atoms with Crippen LogP contribution in [0.3, 0.4) is 0 Å². The zero-order chi connectivity index (χ0) is 15.8. The lowest BCUT2D eigenvalue weighted by molar-refractivity contribution is -0.169. The maximum Gasteiger partial charge on any atom is 0.139 e. The number of carbonyl (C=O) groups excluding carboxylic acids is 1. The van der Waals surface area contributed by atoms with Gasteiger partial charge in [0.25, 0.3) is 0 Å². The number of nitrogens with zero attached hydrogens (tertiary/aromatic N) is 1. The van der Waals surface area contributed by atoms with Crippen LogP contribution in [0.1, 0.15) is 87.5 Å². The highest BCUT2D eigenvalue weighted by atomic mass is 16.1. The molecule has 0 N–H and O–H groups in total. The van der Waals surface area contributed by atoms with Gasteiger partial charge in [-0.25, -0.2) is 0 Å². The molecule has 0 amide bonds. The highest BCUT2D eigenvalue weighted by Crippen LogP contribution is 2.50. The number of rotatable bonds is 4. The molecule has 0 saturated carbocycles. The summed E-state index contributed by atoms with van der Waals surface area (Å²) in [6, 6.07) is 0. The molecule has 0 aromatic heterocycles. The van der Waals surface area contributed by atoms with E-state index in [1.807, 2.05) is 0 Å².